The summed E-state index contributed by atoms with van der Waals surface area (Å²) in [6.07, 6.45) is 28.1. The summed E-state index contributed by atoms with van der Waals surface area (Å²) in [7, 11) is 0. The van der Waals surface area contributed by atoms with Crippen LogP contribution in [0.2, 0.25) is 0 Å². The van der Waals surface area contributed by atoms with Crippen molar-refractivity contribution in [2.45, 2.75) is 130 Å². The number of hydrogen-bond acceptors (Lipinski definition) is 1. The van der Waals surface area contributed by atoms with Crippen LogP contribution in [0.15, 0.2) is 18.7 Å². The second kappa shape index (κ2) is 23.1. The first-order valence-electron chi connectivity index (χ1n) is 13.3. The standard InChI is InChI=1S/C26H50N4O.BrH/c1-3-5-6-7-8-9-10-11-12-13-14-15-16-17-21-29-23-24-30(25-29)22-18-20-28-26(31)27-19-4-2;/h23-25H,3-22H2,1-2H3,(H-,27,28,31);1H. The minimum Gasteiger partial charge on any atom is -1.00 e. The summed E-state index contributed by atoms with van der Waals surface area (Å²) in [5, 5.41) is 5.74. The number of hydrogen-bond donors (Lipinski definition) is 2. The molecular formula is C26H51BrN4O. The van der Waals surface area contributed by atoms with Crippen molar-refractivity contribution in [1.82, 2.24) is 15.2 Å². The molecule has 0 aromatic carbocycles. The second-order valence-electron chi connectivity index (χ2n) is 9.02. The molecule has 0 atom stereocenters. The highest BCUT2D eigenvalue weighted by Crippen LogP contribution is 2.13. The highest BCUT2D eigenvalue weighted by Gasteiger charge is 2.04. The van der Waals surface area contributed by atoms with E-state index in [2.05, 4.69) is 52.3 Å². The van der Waals surface area contributed by atoms with Gasteiger partial charge in [-0.3, -0.25) is 0 Å². The van der Waals surface area contributed by atoms with Crippen molar-refractivity contribution in [3.63, 3.8) is 0 Å². The first-order valence-corrected chi connectivity index (χ1v) is 13.3. The Labute approximate surface area is 208 Å². The van der Waals surface area contributed by atoms with Gasteiger partial charge in [0, 0.05) is 19.5 Å². The number of nitrogens with one attached hydrogen (secondary N) is 2. The zero-order chi connectivity index (χ0) is 22.4. The fraction of sp³-hybridized carbons (Fsp3) is 0.846. The minimum atomic E-state index is -0.0535. The first-order chi connectivity index (χ1) is 15.3. The Balaban J connectivity index is 0.00000961. The van der Waals surface area contributed by atoms with Gasteiger partial charge in [0.2, 0.25) is 6.33 Å². The molecule has 2 N–H and O–H groups in total. The molecule has 0 saturated heterocycles. The third-order valence-electron chi connectivity index (χ3n) is 5.93. The lowest BCUT2D eigenvalue weighted by molar-refractivity contribution is -0.696. The molecule has 5 nitrogen and oxygen atoms in total. The van der Waals surface area contributed by atoms with E-state index in [-0.39, 0.29) is 23.0 Å². The average Bonchev–Trinajstić information content (AvgIpc) is 3.23. The molecule has 0 spiro atoms. The number of carbonyl (C=O) groups is 1. The molecule has 0 aliphatic carbocycles. The van der Waals surface area contributed by atoms with Gasteiger partial charge in [0.05, 0.1) is 13.1 Å². The van der Waals surface area contributed by atoms with Crippen LogP contribution in [0.5, 0.6) is 0 Å². The summed E-state index contributed by atoms with van der Waals surface area (Å²) < 4.78 is 4.51. The van der Waals surface area contributed by atoms with Gasteiger partial charge < -0.3 is 27.6 Å². The van der Waals surface area contributed by atoms with Crippen molar-refractivity contribution in [3.05, 3.63) is 18.7 Å². The Morgan fingerprint density at radius 2 is 1.25 bits per heavy atom. The number of aromatic nitrogens is 2. The van der Waals surface area contributed by atoms with Crippen LogP contribution in [0.25, 0.3) is 0 Å². The van der Waals surface area contributed by atoms with Crippen LogP contribution in [0, 0.1) is 0 Å². The maximum atomic E-state index is 11.5. The first kappa shape index (κ1) is 31.0. The molecule has 0 radical (unpaired) electrons. The smallest absolute Gasteiger partial charge is 0.314 e. The topological polar surface area (TPSA) is 49.9 Å². The van der Waals surface area contributed by atoms with Crippen molar-refractivity contribution in [2.75, 3.05) is 13.1 Å². The van der Waals surface area contributed by atoms with Crippen LogP contribution in [0.1, 0.15) is 117 Å². The van der Waals surface area contributed by atoms with Gasteiger partial charge in [-0.1, -0.05) is 90.9 Å². The molecule has 1 heterocycles. The quantitative estimate of drug-likeness (QED) is 0.192. The summed E-state index contributed by atoms with van der Waals surface area (Å²) in [5.74, 6) is 0. The van der Waals surface area contributed by atoms with E-state index in [0.717, 1.165) is 32.5 Å². The van der Waals surface area contributed by atoms with Crippen LogP contribution >= 0.6 is 0 Å². The van der Waals surface area contributed by atoms with E-state index in [4.69, 9.17) is 0 Å². The Hall–Kier alpha value is -1.04. The van der Waals surface area contributed by atoms with E-state index in [9.17, 15) is 4.79 Å². The van der Waals surface area contributed by atoms with Gasteiger partial charge in [-0.05, 0) is 19.3 Å². The molecule has 1 aromatic heterocycles. The molecule has 1 aromatic rings. The fourth-order valence-corrected chi connectivity index (χ4v) is 3.96. The van der Waals surface area contributed by atoms with Crippen molar-refractivity contribution in [1.29, 1.82) is 0 Å². The molecule has 6 heteroatoms. The normalized spacial score (nSPS) is 10.7. The number of imidazole rings is 1. The van der Waals surface area contributed by atoms with E-state index >= 15 is 0 Å². The van der Waals surface area contributed by atoms with Gasteiger partial charge in [0.15, 0.2) is 0 Å². The van der Waals surface area contributed by atoms with E-state index in [1.807, 2.05) is 0 Å². The Morgan fingerprint density at radius 3 is 1.81 bits per heavy atom. The number of rotatable bonds is 21. The third kappa shape index (κ3) is 18.5. The number of carbonyl (C=O) groups excluding carboxylic acids is 1. The Bertz CT molecular complexity index is 536. The van der Waals surface area contributed by atoms with E-state index in [0.29, 0.717) is 6.54 Å². The molecule has 0 aliphatic heterocycles. The van der Waals surface area contributed by atoms with Gasteiger partial charge in [-0.2, -0.15) is 0 Å². The summed E-state index contributed by atoms with van der Waals surface area (Å²) in [4.78, 5) is 11.5. The Kier molecular flexibility index (Phi) is 22.4. The van der Waals surface area contributed by atoms with Gasteiger partial charge in [0.1, 0.15) is 12.4 Å². The Morgan fingerprint density at radius 1 is 0.719 bits per heavy atom. The average molecular weight is 516 g/mol. The second-order valence-corrected chi connectivity index (χ2v) is 9.02. The molecular weight excluding hydrogens is 464 g/mol. The minimum absolute atomic E-state index is 0. The van der Waals surface area contributed by atoms with E-state index in [1.54, 1.807) is 0 Å². The lowest BCUT2D eigenvalue weighted by Crippen LogP contribution is -3.00. The van der Waals surface area contributed by atoms with Crippen LogP contribution < -0.4 is 32.2 Å². The summed E-state index contributed by atoms with van der Waals surface area (Å²) in [5.41, 5.74) is 0. The number of aryl methyl sites for hydroxylation is 2. The maximum absolute atomic E-state index is 11.5. The van der Waals surface area contributed by atoms with Crippen LogP contribution in [0.3, 0.4) is 0 Å². The number of nitrogens with zero attached hydrogens (tertiary/aromatic N) is 2. The van der Waals surface area contributed by atoms with Crippen LogP contribution in [-0.4, -0.2) is 23.7 Å². The van der Waals surface area contributed by atoms with Crippen LogP contribution in [-0.2, 0) is 13.1 Å². The molecule has 0 fully saturated rings. The summed E-state index contributed by atoms with van der Waals surface area (Å²) in [6.45, 7) is 7.86. The van der Waals surface area contributed by atoms with Gasteiger partial charge >= 0.3 is 6.03 Å². The molecule has 1 rings (SSSR count). The van der Waals surface area contributed by atoms with E-state index < -0.39 is 0 Å². The molecule has 0 saturated carbocycles. The molecule has 188 valence electrons. The van der Waals surface area contributed by atoms with Crippen molar-refractivity contribution < 1.29 is 26.3 Å². The molecule has 0 unspecified atom stereocenters. The zero-order valence-corrected chi connectivity index (χ0v) is 22.6. The molecule has 32 heavy (non-hydrogen) atoms. The van der Waals surface area contributed by atoms with Gasteiger partial charge in [0.25, 0.3) is 0 Å². The SMILES string of the molecule is CCCCCCCCCCCCCCCCn1cc[n+](CCCNC(=O)NCCC)c1.[Br-]. The summed E-state index contributed by atoms with van der Waals surface area (Å²) in [6, 6.07) is -0.0535. The number of unbranched alkanes of at least 4 members (excludes halogenated alkanes) is 13. The third-order valence-corrected chi connectivity index (χ3v) is 5.93. The highest BCUT2D eigenvalue weighted by molar-refractivity contribution is 5.73. The largest absolute Gasteiger partial charge is 1.00 e. The monoisotopic (exact) mass is 514 g/mol. The predicted molar refractivity (Wildman–Crippen MR) is 131 cm³/mol. The highest BCUT2D eigenvalue weighted by atomic mass is 79.9. The summed E-state index contributed by atoms with van der Waals surface area (Å²) >= 11 is 0. The molecule has 0 aliphatic rings. The van der Waals surface area contributed by atoms with Crippen LogP contribution in [0.4, 0.5) is 4.79 Å². The number of urea groups is 1. The lowest BCUT2D eigenvalue weighted by atomic mass is 10.0. The van der Waals surface area contributed by atoms with Gasteiger partial charge in [-0.15, -0.1) is 0 Å². The van der Waals surface area contributed by atoms with E-state index in [1.165, 1.54) is 89.9 Å². The maximum Gasteiger partial charge on any atom is 0.314 e. The van der Waals surface area contributed by atoms with Crippen molar-refractivity contribution in [3.8, 4) is 0 Å². The predicted octanol–water partition coefficient (Wildman–Crippen LogP) is 3.36. The zero-order valence-electron chi connectivity index (χ0n) is 21.1. The number of amides is 2. The number of halogens is 1. The molecule has 0 bridgehead atoms. The molecule has 2 amide bonds. The van der Waals surface area contributed by atoms with Crippen molar-refractivity contribution in [2.24, 2.45) is 0 Å². The van der Waals surface area contributed by atoms with Gasteiger partial charge in [-0.25, -0.2) is 13.9 Å². The lowest BCUT2D eigenvalue weighted by Gasteiger charge is -2.05. The fourth-order valence-electron chi connectivity index (χ4n) is 3.96. The van der Waals surface area contributed by atoms with Crippen molar-refractivity contribution >= 4 is 6.03 Å².